The average Bonchev–Trinajstić information content (AvgIpc) is 2.46. The lowest BCUT2D eigenvalue weighted by atomic mass is 10.2. The standard InChI is InChI=1S/C12H11F3N4O2S/c13-12(14,15)6-17-9(20)5-22-11-18-8-4-2-1-3-7(8)10(21)19(11)16/h1-4H,5-6,16H2,(H,17,20). The van der Waals surface area contributed by atoms with Crippen LogP contribution in [0.25, 0.3) is 10.9 Å². The van der Waals surface area contributed by atoms with Crippen molar-refractivity contribution < 1.29 is 18.0 Å². The number of alkyl halides is 3. The van der Waals surface area contributed by atoms with Crippen molar-refractivity contribution in [3.05, 3.63) is 34.6 Å². The van der Waals surface area contributed by atoms with E-state index in [2.05, 4.69) is 4.98 Å². The largest absolute Gasteiger partial charge is 0.405 e. The van der Waals surface area contributed by atoms with Gasteiger partial charge in [-0.15, -0.1) is 0 Å². The van der Waals surface area contributed by atoms with Crippen molar-refractivity contribution in [3.8, 4) is 0 Å². The molecule has 1 amide bonds. The summed E-state index contributed by atoms with van der Waals surface area (Å²) in [5.74, 6) is 4.42. The predicted octanol–water partition coefficient (Wildman–Crippen LogP) is 0.881. The number of carbonyl (C=O) groups excluding carboxylic acids is 1. The number of amides is 1. The number of carbonyl (C=O) groups is 1. The number of thioether (sulfide) groups is 1. The predicted molar refractivity (Wildman–Crippen MR) is 75.9 cm³/mol. The number of nitrogen functional groups attached to an aromatic ring is 1. The Morgan fingerprint density at radius 3 is 2.73 bits per heavy atom. The molecule has 118 valence electrons. The zero-order valence-electron chi connectivity index (χ0n) is 11.1. The molecule has 1 aromatic carbocycles. The van der Waals surface area contributed by atoms with Crippen LogP contribution in [0.5, 0.6) is 0 Å². The number of nitrogens with two attached hydrogens (primary N) is 1. The maximum Gasteiger partial charge on any atom is 0.405 e. The second-order valence-corrected chi connectivity index (χ2v) is 5.21. The van der Waals surface area contributed by atoms with Crippen LogP contribution in [-0.2, 0) is 4.79 Å². The second kappa shape index (κ2) is 6.26. The molecule has 22 heavy (non-hydrogen) atoms. The molecule has 0 fully saturated rings. The molecule has 0 saturated carbocycles. The molecule has 1 heterocycles. The van der Waals surface area contributed by atoms with Gasteiger partial charge in [-0.25, -0.2) is 9.66 Å². The van der Waals surface area contributed by atoms with Crippen LogP contribution in [0.4, 0.5) is 13.2 Å². The van der Waals surface area contributed by atoms with Crippen molar-refractivity contribution >= 4 is 28.6 Å². The van der Waals surface area contributed by atoms with E-state index in [1.807, 2.05) is 0 Å². The molecule has 6 nitrogen and oxygen atoms in total. The first-order valence-corrected chi connectivity index (χ1v) is 6.99. The molecule has 1 aromatic heterocycles. The molecule has 0 saturated heterocycles. The number of para-hydroxylation sites is 1. The number of hydrogen-bond acceptors (Lipinski definition) is 5. The molecule has 2 aromatic rings. The molecule has 0 aliphatic rings. The Kier molecular flexibility index (Phi) is 4.59. The fourth-order valence-electron chi connectivity index (χ4n) is 1.61. The molecule has 10 heteroatoms. The lowest BCUT2D eigenvalue weighted by Crippen LogP contribution is -2.35. The molecule has 0 spiro atoms. The Labute approximate surface area is 126 Å². The van der Waals surface area contributed by atoms with Crippen molar-refractivity contribution in [2.75, 3.05) is 18.1 Å². The maximum absolute atomic E-state index is 12.0. The van der Waals surface area contributed by atoms with Crippen molar-refractivity contribution in [1.82, 2.24) is 15.0 Å². The molecule has 2 rings (SSSR count). The van der Waals surface area contributed by atoms with E-state index in [1.165, 1.54) is 0 Å². The van der Waals surface area contributed by atoms with Gasteiger partial charge in [0.25, 0.3) is 5.56 Å². The van der Waals surface area contributed by atoms with Gasteiger partial charge in [0.15, 0.2) is 5.16 Å². The van der Waals surface area contributed by atoms with Gasteiger partial charge in [0.2, 0.25) is 5.91 Å². The van der Waals surface area contributed by atoms with Crippen molar-refractivity contribution in [3.63, 3.8) is 0 Å². The molecule has 0 radical (unpaired) electrons. The molecule has 0 atom stereocenters. The van der Waals surface area contributed by atoms with Gasteiger partial charge in [0.05, 0.1) is 16.7 Å². The fraction of sp³-hybridized carbons (Fsp3) is 0.250. The zero-order chi connectivity index (χ0) is 16.3. The van der Waals surface area contributed by atoms with Crippen LogP contribution >= 0.6 is 11.8 Å². The van der Waals surface area contributed by atoms with Crippen LogP contribution in [0.3, 0.4) is 0 Å². The first-order chi connectivity index (χ1) is 10.3. The Hall–Kier alpha value is -2.23. The highest BCUT2D eigenvalue weighted by Gasteiger charge is 2.27. The molecule has 3 N–H and O–H groups in total. The highest BCUT2D eigenvalue weighted by atomic mass is 32.2. The second-order valence-electron chi connectivity index (χ2n) is 4.27. The van der Waals surface area contributed by atoms with Gasteiger partial charge >= 0.3 is 6.18 Å². The van der Waals surface area contributed by atoms with Crippen molar-refractivity contribution in [2.24, 2.45) is 0 Å². The summed E-state index contributed by atoms with van der Waals surface area (Å²) in [6.45, 7) is -1.41. The first-order valence-electron chi connectivity index (χ1n) is 6.01. The van der Waals surface area contributed by atoms with Crippen LogP contribution in [0.2, 0.25) is 0 Å². The summed E-state index contributed by atoms with van der Waals surface area (Å²) < 4.78 is 36.7. The smallest absolute Gasteiger partial charge is 0.346 e. The van der Waals surface area contributed by atoms with Gasteiger partial charge in [-0.05, 0) is 12.1 Å². The van der Waals surface area contributed by atoms with Gasteiger partial charge in [-0.2, -0.15) is 13.2 Å². The summed E-state index contributed by atoms with van der Waals surface area (Å²) in [6, 6.07) is 6.49. The molecular weight excluding hydrogens is 321 g/mol. The molecule has 0 aliphatic heterocycles. The average molecular weight is 332 g/mol. The van der Waals surface area contributed by atoms with E-state index in [4.69, 9.17) is 5.84 Å². The highest BCUT2D eigenvalue weighted by molar-refractivity contribution is 7.99. The molecule has 0 unspecified atom stereocenters. The monoisotopic (exact) mass is 332 g/mol. The van der Waals surface area contributed by atoms with E-state index in [0.717, 1.165) is 16.4 Å². The van der Waals surface area contributed by atoms with Gasteiger partial charge in [0.1, 0.15) is 6.54 Å². The number of halogens is 3. The summed E-state index contributed by atoms with van der Waals surface area (Å²) >= 11 is 0.782. The molecule has 0 bridgehead atoms. The minimum atomic E-state index is -4.47. The number of aromatic nitrogens is 2. The summed E-state index contributed by atoms with van der Waals surface area (Å²) in [4.78, 5) is 27.4. The van der Waals surface area contributed by atoms with Crippen molar-refractivity contribution in [2.45, 2.75) is 11.3 Å². The molecular formula is C12H11F3N4O2S. The summed E-state index contributed by atoms with van der Waals surface area (Å²) in [7, 11) is 0. The first kappa shape index (κ1) is 16.1. The minimum absolute atomic E-state index is 0.0471. The lowest BCUT2D eigenvalue weighted by Gasteiger charge is -2.09. The fourth-order valence-corrected chi connectivity index (χ4v) is 2.35. The van der Waals surface area contributed by atoms with E-state index in [1.54, 1.807) is 29.6 Å². The lowest BCUT2D eigenvalue weighted by molar-refractivity contribution is -0.136. The number of nitrogens with one attached hydrogen (secondary N) is 1. The third-order valence-electron chi connectivity index (χ3n) is 2.59. The number of benzene rings is 1. The molecule has 0 aliphatic carbocycles. The highest BCUT2D eigenvalue weighted by Crippen LogP contribution is 2.16. The number of nitrogens with zero attached hydrogens (tertiary/aromatic N) is 2. The topological polar surface area (TPSA) is 90.0 Å². The van der Waals surface area contributed by atoms with Gasteiger partial charge < -0.3 is 11.2 Å². The quantitative estimate of drug-likeness (QED) is 0.493. The zero-order valence-corrected chi connectivity index (χ0v) is 11.9. The Morgan fingerprint density at radius 2 is 2.05 bits per heavy atom. The Balaban J connectivity index is 2.10. The Bertz CT molecular complexity index is 760. The van der Waals surface area contributed by atoms with Crippen LogP contribution in [-0.4, -0.2) is 34.0 Å². The summed E-state index contributed by atoms with van der Waals surface area (Å²) in [6.07, 6.45) is -4.47. The maximum atomic E-state index is 12.0. The normalized spacial score (nSPS) is 11.6. The van der Waals surface area contributed by atoms with E-state index in [9.17, 15) is 22.8 Å². The third kappa shape index (κ3) is 3.91. The number of hydrogen-bond donors (Lipinski definition) is 2. The van der Waals surface area contributed by atoms with Crippen LogP contribution in [0.15, 0.2) is 34.2 Å². The van der Waals surface area contributed by atoms with Crippen LogP contribution in [0, 0.1) is 0 Å². The number of rotatable bonds is 4. The van der Waals surface area contributed by atoms with Crippen LogP contribution in [0.1, 0.15) is 0 Å². The van der Waals surface area contributed by atoms with Gasteiger partial charge in [-0.1, -0.05) is 23.9 Å². The SMILES string of the molecule is Nn1c(SCC(=O)NCC(F)(F)F)nc2ccccc2c1=O. The Morgan fingerprint density at radius 1 is 1.36 bits per heavy atom. The third-order valence-corrected chi connectivity index (χ3v) is 3.55. The van der Waals surface area contributed by atoms with E-state index >= 15 is 0 Å². The van der Waals surface area contributed by atoms with Gasteiger partial charge in [0, 0.05) is 0 Å². The minimum Gasteiger partial charge on any atom is -0.346 e. The van der Waals surface area contributed by atoms with E-state index in [-0.39, 0.29) is 10.9 Å². The van der Waals surface area contributed by atoms with E-state index in [0.29, 0.717) is 10.9 Å². The summed E-state index contributed by atoms with van der Waals surface area (Å²) in [5.41, 5.74) is -0.101. The van der Waals surface area contributed by atoms with Gasteiger partial charge in [-0.3, -0.25) is 9.59 Å². The van der Waals surface area contributed by atoms with Crippen molar-refractivity contribution in [1.29, 1.82) is 0 Å². The van der Waals surface area contributed by atoms with Crippen LogP contribution < -0.4 is 16.7 Å². The number of fused-ring (bicyclic) bond motifs is 1. The summed E-state index contributed by atoms with van der Waals surface area (Å²) in [5, 5.41) is 2.09. The van der Waals surface area contributed by atoms with E-state index < -0.39 is 24.2 Å².